The average molecular weight is 394 g/mol. The summed E-state index contributed by atoms with van der Waals surface area (Å²) in [5.74, 6) is -0.257. The van der Waals surface area contributed by atoms with Gasteiger partial charge in [0.25, 0.3) is 0 Å². The summed E-state index contributed by atoms with van der Waals surface area (Å²) in [7, 11) is -7.65. The van der Waals surface area contributed by atoms with E-state index < -0.39 is 19.7 Å². The van der Waals surface area contributed by atoms with E-state index in [2.05, 4.69) is 10.2 Å². The summed E-state index contributed by atoms with van der Waals surface area (Å²) in [6.07, 6.45) is 0. The Labute approximate surface area is 150 Å². The van der Waals surface area contributed by atoms with Gasteiger partial charge < -0.3 is 0 Å². The second-order valence-electron chi connectivity index (χ2n) is 5.40. The normalized spacial score (nSPS) is 12.2. The largest absolute Gasteiger partial charge is 0.238 e. The minimum atomic E-state index is -3.89. The van der Waals surface area contributed by atoms with Crippen molar-refractivity contribution in [2.45, 2.75) is 26.3 Å². The van der Waals surface area contributed by atoms with Crippen LogP contribution in [-0.4, -0.2) is 27.0 Å². The molecule has 0 atom stereocenters. The van der Waals surface area contributed by atoms with Gasteiger partial charge in [0.05, 0.1) is 10.6 Å². The first-order valence-corrected chi connectivity index (χ1v) is 11.2. The summed E-state index contributed by atoms with van der Waals surface area (Å²) in [6, 6.07) is 14.9. The number of aromatic nitrogens is 2. The Balaban J connectivity index is 1.93. The topological polar surface area (TPSA) is 94.1 Å². The molecule has 3 aromatic rings. The van der Waals surface area contributed by atoms with Crippen LogP contribution >= 0.6 is 11.3 Å². The minimum Gasteiger partial charge on any atom is -0.221 e. The van der Waals surface area contributed by atoms with Crippen LogP contribution in [0.25, 0.3) is 0 Å². The van der Waals surface area contributed by atoms with Crippen LogP contribution < -0.4 is 0 Å². The fraction of sp³-hybridized carbons (Fsp3) is 0.125. The van der Waals surface area contributed by atoms with Crippen molar-refractivity contribution in [2.75, 3.05) is 0 Å². The third kappa shape index (κ3) is 3.78. The van der Waals surface area contributed by atoms with Gasteiger partial charge in [0, 0.05) is 0 Å². The summed E-state index contributed by atoms with van der Waals surface area (Å²) in [4.78, 5) is 0.0567. The van der Waals surface area contributed by atoms with E-state index in [-0.39, 0.29) is 19.3 Å². The highest BCUT2D eigenvalue weighted by Crippen LogP contribution is 2.27. The molecule has 0 spiro atoms. The molecular weight excluding hydrogens is 380 g/mol. The highest BCUT2D eigenvalue weighted by molar-refractivity contribution is 7.95. The molecule has 0 saturated carbocycles. The third-order valence-corrected chi connectivity index (χ3v) is 8.61. The number of hydrogen-bond donors (Lipinski definition) is 0. The molecule has 3 rings (SSSR count). The van der Waals surface area contributed by atoms with Gasteiger partial charge in [-0.05, 0) is 24.6 Å². The van der Waals surface area contributed by atoms with Gasteiger partial charge in [-0.1, -0.05) is 59.4 Å². The Kier molecular flexibility index (Phi) is 4.72. The lowest BCUT2D eigenvalue weighted by Gasteiger charge is -2.01. The number of benzene rings is 2. The van der Waals surface area contributed by atoms with E-state index in [1.54, 1.807) is 42.5 Å². The van der Waals surface area contributed by atoms with Crippen molar-refractivity contribution in [3.8, 4) is 0 Å². The molecule has 25 heavy (non-hydrogen) atoms. The number of hydrogen-bond acceptors (Lipinski definition) is 7. The van der Waals surface area contributed by atoms with Crippen LogP contribution in [0.3, 0.4) is 0 Å². The lowest BCUT2D eigenvalue weighted by atomic mass is 10.2. The predicted octanol–water partition coefficient (Wildman–Crippen LogP) is 2.65. The zero-order valence-corrected chi connectivity index (χ0v) is 15.6. The maximum absolute atomic E-state index is 12.6. The maximum Gasteiger partial charge on any atom is 0.238 e. The van der Waals surface area contributed by atoms with Crippen LogP contribution in [0.5, 0.6) is 0 Å². The van der Waals surface area contributed by atoms with Crippen LogP contribution in [0.1, 0.15) is 11.1 Å². The fourth-order valence-corrected chi connectivity index (χ4v) is 6.23. The Morgan fingerprint density at radius 2 is 1.44 bits per heavy atom. The van der Waals surface area contributed by atoms with Crippen molar-refractivity contribution in [3.05, 3.63) is 65.7 Å². The zero-order valence-electron chi connectivity index (χ0n) is 13.2. The van der Waals surface area contributed by atoms with E-state index in [0.717, 1.165) is 5.56 Å². The van der Waals surface area contributed by atoms with Gasteiger partial charge in [0.15, 0.2) is 0 Å². The number of aryl methyl sites for hydroxylation is 1. The molecule has 2 aromatic carbocycles. The first kappa shape index (κ1) is 17.7. The summed E-state index contributed by atoms with van der Waals surface area (Å²) in [6.45, 7) is 1.84. The standard InChI is InChI=1S/C16H14N2O4S3/c1-12-7-9-14(10-8-12)25(21,22)16-18-17-15(23-16)24(19,20)11-13-5-3-2-4-6-13/h2-10H,11H2,1H3. The molecule has 0 fully saturated rings. The van der Waals surface area contributed by atoms with Gasteiger partial charge >= 0.3 is 0 Å². The fourth-order valence-electron chi connectivity index (χ4n) is 2.11. The minimum absolute atomic E-state index is 0.0567. The molecule has 0 bridgehead atoms. The molecule has 0 radical (unpaired) electrons. The Morgan fingerprint density at radius 3 is 2.08 bits per heavy atom. The van der Waals surface area contributed by atoms with E-state index >= 15 is 0 Å². The molecule has 0 amide bonds. The molecule has 9 heteroatoms. The number of rotatable bonds is 5. The first-order chi connectivity index (χ1) is 11.8. The van der Waals surface area contributed by atoms with Crippen LogP contribution in [0.2, 0.25) is 0 Å². The van der Waals surface area contributed by atoms with Gasteiger partial charge in [-0.2, -0.15) is 0 Å². The van der Waals surface area contributed by atoms with Crippen molar-refractivity contribution in [1.29, 1.82) is 0 Å². The van der Waals surface area contributed by atoms with Gasteiger partial charge in [-0.15, -0.1) is 10.2 Å². The molecular formula is C16H14N2O4S3. The predicted molar refractivity (Wildman–Crippen MR) is 93.9 cm³/mol. The van der Waals surface area contributed by atoms with Gasteiger partial charge in [-0.3, -0.25) is 0 Å². The molecule has 0 aliphatic rings. The smallest absolute Gasteiger partial charge is 0.221 e. The van der Waals surface area contributed by atoms with Crippen molar-refractivity contribution < 1.29 is 16.8 Å². The molecule has 1 aromatic heterocycles. The van der Waals surface area contributed by atoms with Crippen molar-refractivity contribution in [3.63, 3.8) is 0 Å². The van der Waals surface area contributed by atoms with Gasteiger partial charge in [-0.25, -0.2) is 16.8 Å². The zero-order chi connectivity index (χ0) is 18.1. The first-order valence-electron chi connectivity index (χ1n) is 7.21. The van der Waals surface area contributed by atoms with E-state index in [0.29, 0.717) is 16.9 Å². The van der Waals surface area contributed by atoms with Crippen LogP contribution in [0, 0.1) is 6.92 Å². The van der Waals surface area contributed by atoms with E-state index in [4.69, 9.17) is 0 Å². The number of sulfone groups is 2. The van der Waals surface area contributed by atoms with Crippen LogP contribution in [0.15, 0.2) is 68.2 Å². The second kappa shape index (κ2) is 6.66. The van der Waals surface area contributed by atoms with E-state index in [1.807, 2.05) is 6.92 Å². The van der Waals surface area contributed by atoms with E-state index in [9.17, 15) is 16.8 Å². The molecule has 0 saturated heterocycles. The van der Waals surface area contributed by atoms with Crippen molar-refractivity contribution >= 4 is 31.0 Å². The summed E-state index contributed by atoms with van der Waals surface area (Å²) < 4.78 is 49.4. The van der Waals surface area contributed by atoms with Crippen molar-refractivity contribution in [1.82, 2.24) is 10.2 Å². The third-order valence-electron chi connectivity index (χ3n) is 3.41. The summed E-state index contributed by atoms with van der Waals surface area (Å²) in [5.41, 5.74) is 1.52. The molecule has 0 aliphatic heterocycles. The molecule has 1 heterocycles. The monoisotopic (exact) mass is 394 g/mol. The molecule has 0 aliphatic carbocycles. The Bertz CT molecular complexity index is 1090. The molecule has 0 unspecified atom stereocenters. The second-order valence-corrected chi connectivity index (χ2v) is 10.7. The summed E-state index contributed by atoms with van der Waals surface area (Å²) in [5, 5.41) is 7.19. The molecule has 6 nitrogen and oxygen atoms in total. The van der Waals surface area contributed by atoms with Gasteiger partial charge in [0.2, 0.25) is 28.4 Å². The van der Waals surface area contributed by atoms with Crippen molar-refractivity contribution in [2.24, 2.45) is 0 Å². The summed E-state index contributed by atoms with van der Waals surface area (Å²) >= 11 is 0.567. The highest BCUT2D eigenvalue weighted by atomic mass is 32.3. The number of nitrogens with zero attached hydrogens (tertiary/aromatic N) is 2. The highest BCUT2D eigenvalue weighted by Gasteiger charge is 2.27. The van der Waals surface area contributed by atoms with Gasteiger partial charge in [0.1, 0.15) is 0 Å². The maximum atomic E-state index is 12.6. The molecule has 130 valence electrons. The quantitative estimate of drug-likeness (QED) is 0.660. The lowest BCUT2D eigenvalue weighted by molar-refractivity contribution is 0.589. The Morgan fingerprint density at radius 1 is 0.840 bits per heavy atom. The van der Waals surface area contributed by atoms with Crippen LogP contribution in [-0.2, 0) is 25.4 Å². The SMILES string of the molecule is Cc1ccc(S(=O)(=O)c2nnc(S(=O)(=O)Cc3ccccc3)s2)cc1. The van der Waals surface area contributed by atoms with Crippen LogP contribution in [0.4, 0.5) is 0 Å². The molecule has 0 N–H and O–H groups in total. The lowest BCUT2D eigenvalue weighted by Crippen LogP contribution is -2.04. The Hall–Kier alpha value is -2.10. The van der Waals surface area contributed by atoms with E-state index in [1.165, 1.54) is 12.1 Å². The average Bonchev–Trinajstić information content (AvgIpc) is 3.07.